The Hall–Kier alpha value is -1.94. The van der Waals surface area contributed by atoms with Crippen LogP contribution in [0.3, 0.4) is 0 Å². The van der Waals surface area contributed by atoms with E-state index in [0.29, 0.717) is 6.04 Å². The van der Waals surface area contributed by atoms with Crippen molar-refractivity contribution in [2.75, 3.05) is 13.7 Å². The lowest BCUT2D eigenvalue weighted by Gasteiger charge is -2.35. The van der Waals surface area contributed by atoms with Gasteiger partial charge in [0, 0.05) is 37.0 Å². The number of methoxy groups -OCH3 is 1. The maximum atomic E-state index is 5.24. The average molecular weight is 339 g/mol. The first kappa shape index (κ1) is 17.9. The largest absolute Gasteiger partial charge is 0.497 e. The Balaban J connectivity index is 1.57. The fourth-order valence-corrected chi connectivity index (χ4v) is 3.60. The van der Waals surface area contributed by atoms with Crippen LogP contribution in [0.25, 0.3) is 0 Å². The predicted octanol–water partition coefficient (Wildman–Crippen LogP) is 4.03. The predicted molar refractivity (Wildman–Crippen MR) is 101 cm³/mol. The molecule has 1 aliphatic heterocycles. The first-order chi connectivity index (χ1) is 12.3. The SMILES string of the molecule is CCc1ncc(CN2CCCC[C@H]2CCc2ccc(OC)cc2)cn1. The van der Waals surface area contributed by atoms with E-state index in [1.54, 1.807) is 7.11 Å². The molecule has 25 heavy (non-hydrogen) atoms. The van der Waals surface area contributed by atoms with Crippen molar-refractivity contribution in [2.24, 2.45) is 0 Å². The summed E-state index contributed by atoms with van der Waals surface area (Å²) >= 11 is 0. The average Bonchev–Trinajstić information content (AvgIpc) is 2.68. The molecule has 1 saturated heterocycles. The van der Waals surface area contributed by atoms with Crippen LogP contribution in [0.2, 0.25) is 0 Å². The first-order valence-electron chi connectivity index (χ1n) is 9.45. The van der Waals surface area contributed by atoms with Gasteiger partial charge < -0.3 is 4.74 Å². The van der Waals surface area contributed by atoms with Crippen LogP contribution in [-0.4, -0.2) is 34.6 Å². The molecule has 0 radical (unpaired) electrons. The van der Waals surface area contributed by atoms with Crippen LogP contribution in [0, 0.1) is 0 Å². The molecule has 2 heterocycles. The van der Waals surface area contributed by atoms with Crippen molar-refractivity contribution in [1.29, 1.82) is 0 Å². The molecular formula is C21H29N3O. The van der Waals surface area contributed by atoms with Gasteiger partial charge in [-0.3, -0.25) is 4.90 Å². The molecule has 1 aliphatic rings. The summed E-state index contributed by atoms with van der Waals surface area (Å²) in [6, 6.07) is 9.13. The topological polar surface area (TPSA) is 38.2 Å². The van der Waals surface area contributed by atoms with Crippen LogP contribution in [0.1, 0.15) is 49.6 Å². The molecular weight excluding hydrogens is 310 g/mol. The number of hydrogen-bond donors (Lipinski definition) is 0. The first-order valence-corrected chi connectivity index (χ1v) is 9.45. The summed E-state index contributed by atoms with van der Waals surface area (Å²) in [6.07, 6.45) is 11.2. The highest BCUT2D eigenvalue weighted by atomic mass is 16.5. The van der Waals surface area contributed by atoms with E-state index >= 15 is 0 Å². The second-order valence-electron chi connectivity index (χ2n) is 6.87. The minimum absolute atomic E-state index is 0.654. The van der Waals surface area contributed by atoms with Crippen molar-refractivity contribution >= 4 is 0 Å². The zero-order valence-corrected chi connectivity index (χ0v) is 15.4. The minimum Gasteiger partial charge on any atom is -0.497 e. The van der Waals surface area contributed by atoms with Gasteiger partial charge in [0.2, 0.25) is 0 Å². The second kappa shape index (κ2) is 8.95. The van der Waals surface area contributed by atoms with Gasteiger partial charge in [-0.05, 0) is 49.9 Å². The highest BCUT2D eigenvalue weighted by Gasteiger charge is 2.22. The molecule has 1 aromatic heterocycles. The molecule has 4 heteroatoms. The number of piperidine rings is 1. The summed E-state index contributed by atoms with van der Waals surface area (Å²) in [4.78, 5) is 11.5. The Labute approximate surface area is 151 Å². The van der Waals surface area contributed by atoms with E-state index in [-0.39, 0.29) is 0 Å². The molecule has 0 unspecified atom stereocenters. The maximum absolute atomic E-state index is 5.24. The number of benzene rings is 1. The number of hydrogen-bond acceptors (Lipinski definition) is 4. The van der Waals surface area contributed by atoms with E-state index in [4.69, 9.17) is 4.74 Å². The van der Waals surface area contributed by atoms with Gasteiger partial charge in [-0.25, -0.2) is 9.97 Å². The molecule has 1 atom stereocenters. The summed E-state index contributed by atoms with van der Waals surface area (Å²) in [5, 5.41) is 0. The summed E-state index contributed by atoms with van der Waals surface area (Å²) in [7, 11) is 1.71. The lowest BCUT2D eigenvalue weighted by Crippen LogP contribution is -2.39. The van der Waals surface area contributed by atoms with E-state index in [1.165, 1.54) is 43.4 Å². The minimum atomic E-state index is 0.654. The third-order valence-electron chi connectivity index (χ3n) is 5.14. The molecule has 0 saturated carbocycles. The third kappa shape index (κ3) is 5.02. The Morgan fingerprint density at radius 3 is 2.52 bits per heavy atom. The Morgan fingerprint density at radius 2 is 1.84 bits per heavy atom. The normalized spacial score (nSPS) is 18.2. The zero-order chi connectivity index (χ0) is 17.5. The fraction of sp³-hybridized carbons (Fsp3) is 0.524. The van der Waals surface area contributed by atoms with E-state index in [9.17, 15) is 0 Å². The monoisotopic (exact) mass is 339 g/mol. The van der Waals surface area contributed by atoms with Crippen LogP contribution in [0.15, 0.2) is 36.7 Å². The maximum Gasteiger partial charge on any atom is 0.127 e. The highest BCUT2D eigenvalue weighted by Crippen LogP contribution is 2.23. The molecule has 1 fully saturated rings. The van der Waals surface area contributed by atoms with Crippen molar-refractivity contribution < 1.29 is 4.74 Å². The van der Waals surface area contributed by atoms with Crippen LogP contribution >= 0.6 is 0 Å². The highest BCUT2D eigenvalue weighted by molar-refractivity contribution is 5.27. The van der Waals surface area contributed by atoms with E-state index in [0.717, 1.165) is 31.0 Å². The quantitative estimate of drug-likeness (QED) is 0.763. The van der Waals surface area contributed by atoms with Crippen LogP contribution in [0.4, 0.5) is 0 Å². The smallest absolute Gasteiger partial charge is 0.127 e. The van der Waals surface area contributed by atoms with Gasteiger partial charge in [-0.15, -0.1) is 0 Å². The van der Waals surface area contributed by atoms with Crippen molar-refractivity contribution in [3.8, 4) is 5.75 Å². The van der Waals surface area contributed by atoms with Gasteiger partial charge in [-0.1, -0.05) is 25.5 Å². The number of aromatic nitrogens is 2. The van der Waals surface area contributed by atoms with E-state index < -0.39 is 0 Å². The molecule has 0 amide bonds. The van der Waals surface area contributed by atoms with Crippen molar-refractivity contribution in [3.63, 3.8) is 0 Å². The zero-order valence-electron chi connectivity index (χ0n) is 15.4. The molecule has 0 aliphatic carbocycles. The lowest BCUT2D eigenvalue weighted by molar-refractivity contribution is 0.132. The van der Waals surface area contributed by atoms with Crippen LogP contribution in [0.5, 0.6) is 5.75 Å². The van der Waals surface area contributed by atoms with Crippen molar-refractivity contribution in [2.45, 2.75) is 58.0 Å². The Kier molecular flexibility index (Phi) is 6.40. The van der Waals surface area contributed by atoms with E-state index in [2.05, 4.69) is 46.1 Å². The van der Waals surface area contributed by atoms with Gasteiger partial charge in [0.1, 0.15) is 11.6 Å². The van der Waals surface area contributed by atoms with E-state index in [1.807, 2.05) is 12.4 Å². The Morgan fingerprint density at radius 1 is 1.08 bits per heavy atom. The fourth-order valence-electron chi connectivity index (χ4n) is 3.60. The number of ether oxygens (including phenoxy) is 1. The number of rotatable bonds is 7. The summed E-state index contributed by atoms with van der Waals surface area (Å²) in [5.74, 6) is 1.86. The van der Waals surface area contributed by atoms with Crippen LogP contribution < -0.4 is 4.74 Å². The molecule has 1 aromatic carbocycles. The second-order valence-corrected chi connectivity index (χ2v) is 6.87. The molecule has 0 N–H and O–H groups in total. The molecule has 2 aromatic rings. The van der Waals surface area contributed by atoms with Crippen molar-refractivity contribution in [1.82, 2.24) is 14.9 Å². The summed E-state index contributed by atoms with van der Waals surface area (Å²) in [5.41, 5.74) is 2.62. The summed E-state index contributed by atoms with van der Waals surface area (Å²) in [6.45, 7) is 4.24. The molecule has 3 rings (SSSR count). The number of aryl methyl sites for hydroxylation is 2. The van der Waals surface area contributed by atoms with Gasteiger partial charge in [0.25, 0.3) is 0 Å². The number of nitrogens with zero attached hydrogens (tertiary/aromatic N) is 3. The van der Waals surface area contributed by atoms with Gasteiger partial charge in [-0.2, -0.15) is 0 Å². The lowest BCUT2D eigenvalue weighted by atomic mass is 9.95. The molecule has 0 spiro atoms. The van der Waals surface area contributed by atoms with Crippen molar-refractivity contribution in [3.05, 3.63) is 53.6 Å². The van der Waals surface area contributed by atoms with Gasteiger partial charge in [0.15, 0.2) is 0 Å². The Bertz CT molecular complexity index is 639. The van der Waals surface area contributed by atoms with Gasteiger partial charge in [0.05, 0.1) is 7.11 Å². The third-order valence-corrected chi connectivity index (χ3v) is 5.14. The number of likely N-dealkylation sites (tertiary alicyclic amines) is 1. The van der Waals surface area contributed by atoms with Gasteiger partial charge >= 0.3 is 0 Å². The van der Waals surface area contributed by atoms with Crippen LogP contribution in [-0.2, 0) is 19.4 Å². The standard InChI is InChI=1S/C21H29N3O/c1-3-21-22-14-18(15-23-21)16-24-13-5-4-6-19(24)10-7-17-8-11-20(25-2)12-9-17/h8-9,11-12,14-15,19H,3-7,10,13,16H2,1-2H3/t19-/m0/s1. The molecule has 4 nitrogen and oxygen atoms in total. The summed E-state index contributed by atoms with van der Waals surface area (Å²) < 4.78 is 5.24. The molecule has 0 bridgehead atoms. The molecule has 134 valence electrons.